The van der Waals surface area contributed by atoms with Gasteiger partial charge in [0.2, 0.25) is 5.88 Å². The molecule has 6 heteroatoms. The maximum absolute atomic E-state index is 12.4. The molecule has 0 bridgehead atoms. The first kappa shape index (κ1) is 16.1. The first-order valence-electron chi connectivity index (χ1n) is 8.62. The number of anilines is 1. The summed E-state index contributed by atoms with van der Waals surface area (Å²) in [6, 6.07) is 5.36. The number of amides is 2. The molecular weight excluding hydrogens is 292 g/mol. The van der Waals surface area contributed by atoms with Crippen molar-refractivity contribution in [2.24, 2.45) is 5.92 Å². The van der Waals surface area contributed by atoms with Gasteiger partial charge in [-0.1, -0.05) is 6.07 Å². The van der Waals surface area contributed by atoms with Crippen molar-refractivity contribution in [2.75, 3.05) is 44.6 Å². The summed E-state index contributed by atoms with van der Waals surface area (Å²) in [6.07, 6.45) is 3.73. The highest BCUT2D eigenvalue weighted by atomic mass is 16.5. The van der Waals surface area contributed by atoms with Gasteiger partial charge in [-0.3, -0.25) is 5.32 Å². The summed E-state index contributed by atoms with van der Waals surface area (Å²) in [5.41, 5.74) is 0. The molecule has 0 aromatic carbocycles. The molecule has 6 nitrogen and oxygen atoms in total. The van der Waals surface area contributed by atoms with Crippen LogP contribution in [0.15, 0.2) is 18.2 Å². The van der Waals surface area contributed by atoms with Crippen molar-refractivity contribution in [1.82, 2.24) is 14.8 Å². The number of aromatic nitrogens is 1. The minimum atomic E-state index is -0.0601. The largest absolute Gasteiger partial charge is 0.478 e. The molecule has 1 N–H and O–H groups in total. The lowest BCUT2D eigenvalue weighted by Crippen LogP contribution is -2.35. The average Bonchev–Trinajstić information content (AvgIpc) is 3.20. The Kier molecular flexibility index (Phi) is 5.33. The fourth-order valence-corrected chi connectivity index (χ4v) is 3.40. The first-order chi connectivity index (χ1) is 11.2. The van der Waals surface area contributed by atoms with Crippen LogP contribution in [0.25, 0.3) is 0 Å². The standard InChI is InChI=1S/C17H26N4O2/c1-2-23-16-7-5-6-15(18-16)19-17(22)21-11-8-14(13-21)12-20-9-3-4-10-20/h5-7,14H,2-4,8-13H2,1H3,(H,18,19,22)/t14-/m1/s1. The number of ether oxygens (including phenoxy) is 1. The van der Waals surface area contributed by atoms with Crippen molar-refractivity contribution < 1.29 is 9.53 Å². The molecule has 1 atom stereocenters. The topological polar surface area (TPSA) is 57.7 Å². The van der Waals surface area contributed by atoms with Gasteiger partial charge >= 0.3 is 6.03 Å². The molecule has 23 heavy (non-hydrogen) atoms. The Morgan fingerprint density at radius 3 is 2.96 bits per heavy atom. The summed E-state index contributed by atoms with van der Waals surface area (Å²) in [4.78, 5) is 21.1. The molecule has 0 spiro atoms. The van der Waals surface area contributed by atoms with Crippen LogP contribution in [0.1, 0.15) is 26.2 Å². The quantitative estimate of drug-likeness (QED) is 0.906. The molecule has 0 unspecified atom stereocenters. The van der Waals surface area contributed by atoms with E-state index >= 15 is 0 Å². The van der Waals surface area contributed by atoms with E-state index in [1.54, 1.807) is 12.1 Å². The van der Waals surface area contributed by atoms with Gasteiger partial charge in [0.1, 0.15) is 5.82 Å². The van der Waals surface area contributed by atoms with E-state index in [2.05, 4.69) is 15.2 Å². The van der Waals surface area contributed by atoms with E-state index in [-0.39, 0.29) is 6.03 Å². The Hall–Kier alpha value is -1.82. The minimum Gasteiger partial charge on any atom is -0.478 e. The third-order valence-corrected chi connectivity index (χ3v) is 4.54. The van der Waals surface area contributed by atoms with Gasteiger partial charge in [0.05, 0.1) is 6.61 Å². The summed E-state index contributed by atoms with van der Waals surface area (Å²) in [5, 5.41) is 2.88. The Labute approximate surface area is 137 Å². The summed E-state index contributed by atoms with van der Waals surface area (Å²) in [6.45, 7) is 7.71. The Bertz CT molecular complexity index is 531. The minimum absolute atomic E-state index is 0.0601. The van der Waals surface area contributed by atoms with Crippen LogP contribution in [0.4, 0.5) is 10.6 Å². The summed E-state index contributed by atoms with van der Waals surface area (Å²) >= 11 is 0. The van der Waals surface area contributed by atoms with Crippen molar-refractivity contribution in [3.8, 4) is 5.88 Å². The van der Waals surface area contributed by atoms with Crippen molar-refractivity contribution in [3.63, 3.8) is 0 Å². The van der Waals surface area contributed by atoms with Crippen LogP contribution in [-0.4, -0.2) is 60.1 Å². The number of nitrogens with zero attached hydrogens (tertiary/aromatic N) is 3. The maximum Gasteiger partial charge on any atom is 0.323 e. The predicted molar refractivity (Wildman–Crippen MR) is 89.8 cm³/mol. The van der Waals surface area contributed by atoms with Crippen LogP contribution in [0, 0.1) is 5.92 Å². The number of hydrogen-bond donors (Lipinski definition) is 1. The van der Waals surface area contributed by atoms with Crippen LogP contribution in [-0.2, 0) is 0 Å². The number of urea groups is 1. The summed E-state index contributed by atoms with van der Waals surface area (Å²) < 4.78 is 5.36. The number of carbonyl (C=O) groups is 1. The van der Waals surface area contributed by atoms with Crippen molar-refractivity contribution in [2.45, 2.75) is 26.2 Å². The van der Waals surface area contributed by atoms with Gasteiger partial charge in [-0.05, 0) is 51.3 Å². The Balaban J connectivity index is 1.49. The predicted octanol–water partition coefficient (Wildman–Crippen LogP) is 2.43. The molecule has 0 aliphatic carbocycles. The van der Waals surface area contributed by atoms with Gasteiger partial charge in [-0.25, -0.2) is 4.79 Å². The number of pyridine rings is 1. The summed E-state index contributed by atoms with van der Waals surface area (Å²) in [5.74, 6) is 1.68. The van der Waals surface area contributed by atoms with Crippen LogP contribution < -0.4 is 10.1 Å². The first-order valence-corrected chi connectivity index (χ1v) is 8.62. The van der Waals surface area contributed by atoms with E-state index in [9.17, 15) is 4.79 Å². The van der Waals surface area contributed by atoms with Crippen LogP contribution in [0.2, 0.25) is 0 Å². The zero-order valence-corrected chi connectivity index (χ0v) is 13.8. The lowest BCUT2D eigenvalue weighted by atomic mass is 10.1. The molecule has 2 saturated heterocycles. The summed E-state index contributed by atoms with van der Waals surface area (Å²) in [7, 11) is 0. The van der Waals surface area contributed by atoms with Crippen LogP contribution in [0.3, 0.4) is 0 Å². The fourth-order valence-electron chi connectivity index (χ4n) is 3.40. The molecule has 3 rings (SSSR count). The molecule has 0 radical (unpaired) electrons. The van der Waals surface area contributed by atoms with E-state index in [4.69, 9.17) is 4.74 Å². The molecule has 0 saturated carbocycles. The molecule has 2 amide bonds. The lowest BCUT2D eigenvalue weighted by molar-refractivity contribution is 0.217. The number of carbonyl (C=O) groups excluding carboxylic acids is 1. The van der Waals surface area contributed by atoms with Crippen molar-refractivity contribution >= 4 is 11.8 Å². The van der Waals surface area contributed by atoms with Crippen molar-refractivity contribution in [1.29, 1.82) is 0 Å². The van der Waals surface area contributed by atoms with E-state index in [1.807, 2.05) is 17.9 Å². The third kappa shape index (κ3) is 4.34. The van der Waals surface area contributed by atoms with Crippen molar-refractivity contribution in [3.05, 3.63) is 18.2 Å². The van der Waals surface area contributed by atoms with E-state index in [0.29, 0.717) is 24.2 Å². The van der Waals surface area contributed by atoms with Gasteiger partial charge in [0, 0.05) is 25.7 Å². The van der Waals surface area contributed by atoms with Gasteiger partial charge in [-0.2, -0.15) is 4.98 Å². The zero-order valence-electron chi connectivity index (χ0n) is 13.8. The molecule has 126 valence electrons. The van der Waals surface area contributed by atoms with E-state index in [1.165, 1.54) is 25.9 Å². The number of rotatable bonds is 5. The molecule has 2 aliphatic rings. The lowest BCUT2D eigenvalue weighted by Gasteiger charge is -2.20. The highest BCUT2D eigenvalue weighted by Crippen LogP contribution is 2.21. The van der Waals surface area contributed by atoms with E-state index in [0.717, 1.165) is 26.1 Å². The number of hydrogen-bond acceptors (Lipinski definition) is 4. The SMILES string of the molecule is CCOc1cccc(NC(=O)N2CC[C@H](CN3CCCC3)C2)n1. The number of likely N-dealkylation sites (tertiary alicyclic amines) is 2. The second-order valence-electron chi connectivity index (χ2n) is 6.33. The highest BCUT2D eigenvalue weighted by molar-refractivity contribution is 5.88. The molecule has 1 aromatic rings. The Morgan fingerprint density at radius 1 is 1.35 bits per heavy atom. The van der Waals surface area contributed by atoms with Gasteiger partial charge in [0.25, 0.3) is 0 Å². The monoisotopic (exact) mass is 318 g/mol. The van der Waals surface area contributed by atoms with Gasteiger partial charge in [-0.15, -0.1) is 0 Å². The molecule has 3 heterocycles. The maximum atomic E-state index is 12.4. The van der Waals surface area contributed by atoms with Gasteiger partial charge in [0.15, 0.2) is 0 Å². The molecule has 2 fully saturated rings. The van der Waals surface area contributed by atoms with Crippen LogP contribution in [0.5, 0.6) is 5.88 Å². The van der Waals surface area contributed by atoms with Gasteiger partial charge < -0.3 is 14.5 Å². The average molecular weight is 318 g/mol. The van der Waals surface area contributed by atoms with Crippen LogP contribution >= 0.6 is 0 Å². The zero-order chi connectivity index (χ0) is 16.1. The van der Waals surface area contributed by atoms with E-state index < -0.39 is 0 Å². The smallest absolute Gasteiger partial charge is 0.323 e. The second kappa shape index (κ2) is 7.64. The fraction of sp³-hybridized carbons (Fsp3) is 0.647. The normalized spacial score (nSPS) is 21.6. The molecular formula is C17H26N4O2. The third-order valence-electron chi connectivity index (χ3n) is 4.54. The molecule has 1 aromatic heterocycles. The second-order valence-corrected chi connectivity index (χ2v) is 6.33. The Morgan fingerprint density at radius 2 is 2.17 bits per heavy atom. The highest BCUT2D eigenvalue weighted by Gasteiger charge is 2.28. The molecule has 2 aliphatic heterocycles. The number of nitrogens with one attached hydrogen (secondary N) is 1.